The van der Waals surface area contributed by atoms with Crippen LogP contribution in [-0.4, -0.2) is 67.6 Å². The first-order valence-electron chi connectivity index (χ1n) is 8.58. The van der Waals surface area contributed by atoms with E-state index in [1.807, 2.05) is 36.1 Å². The van der Waals surface area contributed by atoms with Gasteiger partial charge < -0.3 is 15.0 Å². The molecule has 5 nitrogen and oxygen atoms in total. The van der Waals surface area contributed by atoms with E-state index < -0.39 is 0 Å². The number of hydrogen-bond acceptors (Lipinski definition) is 4. The Morgan fingerprint density at radius 1 is 1.30 bits per heavy atom. The van der Waals surface area contributed by atoms with E-state index in [-0.39, 0.29) is 11.9 Å². The van der Waals surface area contributed by atoms with E-state index in [0.717, 1.165) is 50.6 Å². The molecule has 1 unspecified atom stereocenters. The molecule has 1 saturated heterocycles. The van der Waals surface area contributed by atoms with Gasteiger partial charge in [0.05, 0.1) is 0 Å². The summed E-state index contributed by atoms with van der Waals surface area (Å²) in [5.41, 5.74) is 1.16. The number of likely N-dealkylation sites (N-methyl/N-ethyl adjacent to an activating group) is 1. The molecule has 1 aliphatic heterocycles. The Bertz CT molecular complexity index is 497. The Morgan fingerprint density at radius 2 is 2.00 bits per heavy atom. The fourth-order valence-electron chi connectivity index (χ4n) is 2.97. The summed E-state index contributed by atoms with van der Waals surface area (Å²) >= 11 is 0. The lowest BCUT2D eigenvalue weighted by molar-refractivity contribution is -0.138. The Morgan fingerprint density at radius 3 is 2.61 bits per heavy atom. The van der Waals surface area contributed by atoms with Crippen molar-refractivity contribution in [2.75, 3.05) is 45.9 Å². The Kier molecular flexibility index (Phi) is 6.86. The molecule has 1 aromatic carbocycles. The summed E-state index contributed by atoms with van der Waals surface area (Å²) in [7, 11) is 0. The molecule has 1 fully saturated rings. The van der Waals surface area contributed by atoms with Crippen LogP contribution in [0.15, 0.2) is 24.3 Å². The second kappa shape index (κ2) is 8.89. The number of ether oxygens (including phenoxy) is 1. The van der Waals surface area contributed by atoms with Gasteiger partial charge in [-0.15, -0.1) is 0 Å². The van der Waals surface area contributed by atoms with Gasteiger partial charge in [-0.1, -0.05) is 26.0 Å². The van der Waals surface area contributed by atoms with Gasteiger partial charge in [-0.3, -0.25) is 9.69 Å². The SMILES string of the molecule is CCN(CC)C(COc1cccc(C)c1)C(=O)N1CCNCC1. The van der Waals surface area contributed by atoms with E-state index >= 15 is 0 Å². The van der Waals surface area contributed by atoms with Crippen LogP contribution < -0.4 is 10.1 Å². The molecular weight excluding hydrogens is 290 g/mol. The van der Waals surface area contributed by atoms with Crippen molar-refractivity contribution in [3.63, 3.8) is 0 Å². The zero-order valence-corrected chi connectivity index (χ0v) is 14.5. The van der Waals surface area contributed by atoms with Gasteiger partial charge >= 0.3 is 0 Å². The van der Waals surface area contributed by atoms with E-state index in [1.54, 1.807) is 0 Å². The summed E-state index contributed by atoms with van der Waals surface area (Å²) in [6, 6.07) is 7.76. The smallest absolute Gasteiger partial charge is 0.243 e. The maximum Gasteiger partial charge on any atom is 0.243 e. The summed E-state index contributed by atoms with van der Waals surface area (Å²) in [5, 5.41) is 3.29. The van der Waals surface area contributed by atoms with Crippen molar-refractivity contribution in [3.05, 3.63) is 29.8 Å². The topological polar surface area (TPSA) is 44.8 Å². The molecule has 2 rings (SSSR count). The molecule has 0 spiro atoms. The fourth-order valence-corrected chi connectivity index (χ4v) is 2.97. The molecule has 5 heteroatoms. The minimum atomic E-state index is -0.219. The summed E-state index contributed by atoms with van der Waals surface area (Å²) < 4.78 is 5.94. The van der Waals surface area contributed by atoms with Crippen molar-refractivity contribution in [2.45, 2.75) is 26.8 Å². The van der Waals surface area contributed by atoms with Gasteiger partial charge in [0.25, 0.3) is 0 Å². The van der Waals surface area contributed by atoms with Crippen LogP contribution in [0.25, 0.3) is 0 Å². The van der Waals surface area contributed by atoms with Gasteiger partial charge in [0.2, 0.25) is 5.91 Å². The van der Waals surface area contributed by atoms with Crippen LogP contribution in [0.2, 0.25) is 0 Å². The van der Waals surface area contributed by atoms with Gasteiger partial charge in [-0.05, 0) is 37.7 Å². The molecule has 1 aromatic rings. The van der Waals surface area contributed by atoms with Crippen LogP contribution >= 0.6 is 0 Å². The summed E-state index contributed by atoms with van der Waals surface area (Å²) in [6.45, 7) is 11.6. The fraction of sp³-hybridized carbons (Fsp3) is 0.611. The highest BCUT2D eigenvalue weighted by molar-refractivity contribution is 5.82. The number of aryl methyl sites for hydroxylation is 1. The van der Waals surface area contributed by atoms with Crippen molar-refractivity contribution in [1.29, 1.82) is 0 Å². The standard InChI is InChI=1S/C18H29N3O2/c1-4-20(5-2)17(18(22)21-11-9-19-10-12-21)14-23-16-8-6-7-15(3)13-16/h6-8,13,17,19H,4-5,9-12,14H2,1-3H3. The van der Waals surface area contributed by atoms with E-state index in [9.17, 15) is 4.79 Å². The Balaban J connectivity index is 2.05. The average molecular weight is 319 g/mol. The Hall–Kier alpha value is -1.59. The molecule has 0 aromatic heterocycles. The third kappa shape index (κ3) is 4.94. The van der Waals surface area contributed by atoms with Gasteiger partial charge in [-0.25, -0.2) is 0 Å². The number of hydrogen-bond donors (Lipinski definition) is 1. The largest absolute Gasteiger partial charge is 0.491 e. The van der Waals surface area contributed by atoms with Crippen LogP contribution in [0.4, 0.5) is 0 Å². The molecule has 128 valence electrons. The summed E-state index contributed by atoms with van der Waals surface area (Å²) in [6.07, 6.45) is 0. The van der Waals surface area contributed by atoms with E-state index in [4.69, 9.17) is 4.74 Å². The number of piperazine rings is 1. The predicted octanol–water partition coefficient (Wildman–Crippen LogP) is 1.52. The summed E-state index contributed by atoms with van der Waals surface area (Å²) in [4.78, 5) is 17.1. The van der Waals surface area contributed by atoms with Crippen molar-refractivity contribution in [1.82, 2.24) is 15.1 Å². The van der Waals surface area contributed by atoms with E-state index in [1.165, 1.54) is 0 Å². The normalized spacial score (nSPS) is 16.4. The van der Waals surface area contributed by atoms with Crippen molar-refractivity contribution in [2.24, 2.45) is 0 Å². The molecule has 1 aliphatic rings. The summed E-state index contributed by atoms with van der Waals surface area (Å²) in [5.74, 6) is 1.01. The third-order valence-corrected chi connectivity index (χ3v) is 4.36. The Labute approximate surface area is 139 Å². The minimum absolute atomic E-state index is 0.183. The third-order valence-electron chi connectivity index (χ3n) is 4.36. The van der Waals surface area contributed by atoms with Gasteiger partial charge in [-0.2, -0.15) is 0 Å². The van der Waals surface area contributed by atoms with Crippen molar-refractivity contribution < 1.29 is 9.53 Å². The van der Waals surface area contributed by atoms with Crippen LogP contribution in [-0.2, 0) is 4.79 Å². The van der Waals surface area contributed by atoms with Crippen LogP contribution in [0.1, 0.15) is 19.4 Å². The maximum absolute atomic E-state index is 12.9. The number of rotatable bonds is 7. The van der Waals surface area contributed by atoms with Gasteiger partial charge in [0.1, 0.15) is 18.4 Å². The zero-order valence-electron chi connectivity index (χ0n) is 14.5. The molecule has 0 radical (unpaired) electrons. The predicted molar refractivity (Wildman–Crippen MR) is 92.8 cm³/mol. The second-order valence-corrected chi connectivity index (χ2v) is 5.94. The quantitative estimate of drug-likeness (QED) is 0.827. The lowest BCUT2D eigenvalue weighted by Gasteiger charge is -2.35. The number of nitrogens with one attached hydrogen (secondary N) is 1. The first kappa shape index (κ1) is 17.8. The highest BCUT2D eigenvalue weighted by Gasteiger charge is 2.29. The molecule has 1 heterocycles. The molecule has 23 heavy (non-hydrogen) atoms. The lowest BCUT2D eigenvalue weighted by Crippen LogP contribution is -2.55. The molecule has 1 N–H and O–H groups in total. The maximum atomic E-state index is 12.9. The van der Waals surface area contributed by atoms with Crippen LogP contribution in [0, 0.1) is 6.92 Å². The lowest BCUT2D eigenvalue weighted by atomic mass is 10.2. The molecule has 0 saturated carbocycles. The zero-order chi connectivity index (χ0) is 16.7. The molecular formula is C18H29N3O2. The number of amides is 1. The average Bonchev–Trinajstić information content (AvgIpc) is 2.59. The first-order chi connectivity index (χ1) is 11.2. The number of carbonyl (C=O) groups is 1. The highest BCUT2D eigenvalue weighted by Crippen LogP contribution is 2.14. The molecule has 1 amide bonds. The van der Waals surface area contributed by atoms with Crippen LogP contribution in [0.3, 0.4) is 0 Å². The van der Waals surface area contributed by atoms with E-state index in [0.29, 0.717) is 6.61 Å². The minimum Gasteiger partial charge on any atom is -0.491 e. The highest BCUT2D eigenvalue weighted by atomic mass is 16.5. The number of nitrogens with zero attached hydrogens (tertiary/aromatic N) is 2. The molecule has 0 bridgehead atoms. The van der Waals surface area contributed by atoms with Crippen LogP contribution in [0.5, 0.6) is 5.75 Å². The van der Waals surface area contributed by atoms with Crippen molar-refractivity contribution >= 4 is 5.91 Å². The van der Waals surface area contributed by atoms with E-state index in [2.05, 4.69) is 24.1 Å². The van der Waals surface area contributed by atoms with Gasteiger partial charge in [0, 0.05) is 26.2 Å². The second-order valence-electron chi connectivity index (χ2n) is 5.94. The molecule has 1 atom stereocenters. The molecule has 0 aliphatic carbocycles. The first-order valence-corrected chi connectivity index (χ1v) is 8.58. The number of carbonyl (C=O) groups excluding carboxylic acids is 1. The van der Waals surface area contributed by atoms with Crippen molar-refractivity contribution in [3.8, 4) is 5.75 Å². The number of benzene rings is 1. The monoisotopic (exact) mass is 319 g/mol. The van der Waals surface area contributed by atoms with Gasteiger partial charge in [0.15, 0.2) is 0 Å².